The van der Waals surface area contributed by atoms with E-state index < -0.39 is 0 Å². The predicted molar refractivity (Wildman–Crippen MR) is 115 cm³/mol. The summed E-state index contributed by atoms with van der Waals surface area (Å²) in [4.78, 5) is 24.9. The Morgan fingerprint density at radius 1 is 1.10 bits per heavy atom. The average Bonchev–Trinajstić information content (AvgIpc) is 2.73. The van der Waals surface area contributed by atoms with Crippen LogP contribution < -0.4 is 16.4 Å². The van der Waals surface area contributed by atoms with Crippen molar-refractivity contribution in [3.05, 3.63) is 66.0 Å². The number of nitrogens with one attached hydrogen (secondary N) is 2. The summed E-state index contributed by atoms with van der Waals surface area (Å²) in [6.07, 6.45) is 0. The van der Waals surface area contributed by atoms with Crippen LogP contribution in [0.4, 0.5) is 23.3 Å². The van der Waals surface area contributed by atoms with E-state index in [-0.39, 0.29) is 22.9 Å². The van der Waals surface area contributed by atoms with Crippen molar-refractivity contribution < 1.29 is 4.79 Å². The summed E-state index contributed by atoms with van der Waals surface area (Å²) in [6, 6.07) is 18.2. The molecule has 0 aliphatic heterocycles. The van der Waals surface area contributed by atoms with E-state index in [1.807, 2.05) is 43.3 Å². The largest absolute Gasteiger partial charge is 0.368 e. The topological polar surface area (TPSA) is 130 Å². The van der Waals surface area contributed by atoms with Crippen molar-refractivity contribution in [2.75, 3.05) is 22.1 Å². The van der Waals surface area contributed by atoms with Gasteiger partial charge < -0.3 is 16.4 Å². The third-order valence-corrected chi connectivity index (χ3v) is 4.97. The molecule has 1 aromatic heterocycles. The zero-order valence-corrected chi connectivity index (χ0v) is 16.5. The highest BCUT2D eigenvalue weighted by Crippen LogP contribution is 2.27. The molecular formula is C20H19N7OS. The molecule has 3 aromatic rings. The molecule has 9 heteroatoms. The molecule has 0 saturated carbocycles. The first kappa shape index (κ1) is 20.1. The van der Waals surface area contributed by atoms with Gasteiger partial charge in [-0.15, -0.1) is 11.8 Å². The lowest BCUT2D eigenvalue weighted by Crippen LogP contribution is -2.15. The molecule has 0 aliphatic carbocycles. The third-order valence-electron chi connectivity index (χ3n) is 3.83. The van der Waals surface area contributed by atoms with Gasteiger partial charge in [0.15, 0.2) is 0 Å². The van der Waals surface area contributed by atoms with Gasteiger partial charge in [-0.05, 0) is 43.3 Å². The van der Waals surface area contributed by atoms with Crippen LogP contribution in [-0.2, 0) is 4.79 Å². The SMILES string of the molecule is CC(SCC(=O)Nc1ccc(C#N)cc1)c1nc(N)nc(Nc2ccccc2)n1. The molecule has 0 bridgehead atoms. The van der Waals surface area contributed by atoms with Crippen LogP contribution in [0.3, 0.4) is 0 Å². The second-order valence-corrected chi connectivity index (χ2v) is 7.39. The van der Waals surface area contributed by atoms with Gasteiger partial charge in [0, 0.05) is 11.4 Å². The monoisotopic (exact) mass is 405 g/mol. The smallest absolute Gasteiger partial charge is 0.234 e. The molecular weight excluding hydrogens is 386 g/mol. The van der Waals surface area contributed by atoms with E-state index >= 15 is 0 Å². The van der Waals surface area contributed by atoms with Crippen molar-refractivity contribution in [1.82, 2.24) is 15.0 Å². The molecule has 4 N–H and O–H groups in total. The Labute approximate surface area is 172 Å². The quantitative estimate of drug-likeness (QED) is 0.544. The normalized spacial score (nSPS) is 11.3. The van der Waals surface area contributed by atoms with Gasteiger partial charge in [-0.1, -0.05) is 18.2 Å². The van der Waals surface area contributed by atoms with Gasteiger partial charge in [-0.25, -0.2) is 0 Å². The number of aromatic nitrogens is 3. The molecule has 1 atom stereocenters. The third kappa shape index (κ3) is 5.92. The number of nitrogens with two attached hydrogens (primary N) is 1. The minimum Gasteiger partial charge on any atom is -0.368 e. The number of benzene rings is 2. The van der Waals surface area contributed by atoms with E-state index in [9.17, 15) is 4.79 Å². The first-order valence-electron chi connectivity index (χ1n) is 8.78. The van der Waals surface area contributed by atoms with E-state index in [4.69, 9.17) is 11.0 Å². The number of anilines is 4. The van der Waals surface area contributed by atoms with E-state index in [0.717, 1.165) is 5.69 Å². The first-order chi connectivity index (χ1) is 14.0. The number of hydrogen-bond acceptors (Lipinski definition) is 8. The van der Waals surface area contributed by atoms with Crippen LogP contribution in [0.25, 0.3) is 0 Å². The van der Waals surface area contributed by atoms with Crippen molar-refractivity contribution in [1.29, 1.82) is 5.26 Å². The van der Waals surface area contributed by atoms with Crippen LogP contribution >= 0.6 is 11.8 Å². The molecule has 29 heavy (non-hydrogen) atoms. The summed E-state index contributed by atoms with van der Waals surface area (Å²) in [5, 5.41) is 14.5. The van der Waals surface area contributed by atoms with Gasteiger partial charge in [0.2, 0.25) is 17.8 Å². The molecule has 1 unspecified atom stereocenters. The molecule has 2 aromatic carbocycles. The minimum atomic E-state index is -0.164. The fourth-order valence-corrected chi connectivity index (χ4v) is 3.13. The van der Waals surface area contributed by atoms with Crippen molar-refractivity contribution in [3.8, 4) is 6.07 Å². The summed E-state index contributed by atoms with van der Waals surface area (Å²) in [6.45, 7) is 1.90. The zero-order chi connectivity index (χ0) is 20.6. The van der Waals surface area contributed by atoms with E-state index in [1.54, 1.807) is 24.3 Å². The Morgan fingerprint density at radius 2 is 1.83 bits per heavy atom. The number of para-hydroxylation sites is 1. The number of amides is 1. The zero-order valence-electron chi connectivity index (χ0n) is 15.7. The van der Waals surface area contributed by atoms with Gasteiger partial charge in [0.05, 0.1) is 22.6 Å². The van der Waals surface area contributed by atoms with Gasteiger partial charge in [-0.3, -0.25) is 4.79 Å². The maximum Gasteiger partial charge on any atom is 0.234 e. The lowest BCUT2D eigenvalue weighted by Gasteiger charge is -2.12. The highest BCUT2D eigenvalue weighted by atomic mass is 32.2. The Bertz CT molecular complexity index is 1020. The molecule has 0 fully saturated rings. The van der Waals surface area contributed by atoms with Crippen LogP contribution in [0.5, 0.6) is 0 Å². The lowest BCUT2D eigenvalue weighted by molar-refractivity contribution is -0.113. The Morgan fingerprint density at radius 3 is 2.52 bits per heavy atom. The summed E-state index contributed by atoms with van der Waals surface area (Å²) in [5.41, 5.74) is 7.84. The first-order valence-corrected chi connectivity index (χ1v) is 9.83. The van der Waals surface area contributed by atoms with Crippen molar-refractivity contribution in [3.63, 3.8) is 0 Å². The van der Waals surface area contributed by atoms with Crippen molar-refractivity contribution in [2.45, 2.75) is 12.2 Å². The average molecular weight is 405 g/mol. The Hall–Kier alpha value is -3.64. The highest BCUT2D eigenvalue weighted by molar-refractivity contribution is 8.00. The number of hydrogen-bond donors (Lipinski definition) is 3. The standard InChI is InChI=1S/C20H19N7OS/c1-13(29-12-17(28)23-16-9-7-14(11-21)8-10-16)18-25-19(22)27-20(26-18)24-15-5-3-2-4-6-15/h2-10,13H,12H2,1H3,(H,23,28)(H3,22,24,25,26,27). The predicted octanol–water partition coefficient (Wildman–Crippen LogP) is 3.50. The lowest BCUT2D eigenvalue weighted by atomic mass is 10.2. The molecule has 0 spiro atoms. The van der Waals surface area contributed by atoms with Crippen LogP contribution in [0.2, 0.25) is 0 Å². The number of nitrogen functional groups attached to an aromatic ring is 1. The summed E-state index contributed by atoms with van der Waals surface area (Å²) < 4.78 is 0. The highest BCUT2D eigenvalue weighted by Gasteiger charge is 2.15. The summed E-state index contributed by atoms with van der Waals surface area (Å²) in [5.74, 6) is 1.02. The maximum atomic E-state index is 12.2. The second kappa shape index (κ2) is 9.52. The molecule has 0 saturated heterocycles. The van der Waals surface area contributed by atoms with Crippen molar-refractivity contribution in [2.24, 2.45) is 0 Å². The van der Waals surface area contributed by atoms with Crippen LogP contribution in [0, 0.1) is 11.3 Å². The molecule has 8 nitrogen and oxygen atoms in total. The number of rotatable bonds is 7. The van der Waals surface area contributed by atoms with Gasteiger partial charge in [-0.2, -0.15) is 20.2 Å². The molecule has 0 radical (unpaired) electrons. The summed E-state index contributed by atoms with van der Waals surface area (Å²) >= 11 is 1.39. The van der Waals surface area contributed by atoms with Crippen molar-refractivity contribution >= 4 is 40.9 Å². The van der Waals surface area contributed by atoms with Gasteiger partial charge >= 0.3 is 0 Å². The fraction of sp³-hybridized carbons (Fsp3) is 0.150. The maximum absolute atomic E-state index is 12.2. The number of carbonyl (C=O) groups is 1. The fourth-order valence-electron chi connectivity index (χ4n) is 2.40. The van der Waals surface area contributed by atoms with Gasteiger partial charge in [0.1, 0.15) is 5.82 Å². The number of nitriles is 1. The molecule has 146 valence electrons. The van der Waals surface area contributed by atoms with E-state index in [2.05, 4.69) is 25.6 Å². The van der Waals surface area contributed by atoms with Crippen LogP contribution in [0.15, 0.2) is 54.6 Å². The van der Waals surface area contributed by atoms with Crippen LogP contribution in [-0.4, -0.2) is 26.6 Å². The molecule has 1 heterocycles. The Balaban J connectivity index is 1.58. The van der Waals surface area contributed by atoms with Crippen LogP contribution in [0.1, 0.15) is 23.6 Å². The van der Waals surface area contributed by atoms with Gasteiger partial charge in [0.25, 0.3) is 0 Å². The molecule has 1 amide bonds. The Kier molecular flexibility index (Phi) is 6.60. The molecule has 3 rings (SSSR count). The molecule has 0 aliphatic rings. The number of thioether (sulfide) groups is 1. The number of nitrogens with zero attached hydrogens (tertiary/aromatic N) is 4. The van der Waals surface area contributed by atoms with E-state index in [0.29, 0.717) is 23.0 Å². The second-order valence-electron chi connectivity index (χ2n) is 6.06. The minimum absolute atomic E-state index is 0.114. The van der Waals surface area contributed by atoms with E-state index in [1.165, 1.54) is 11.8 Å². The summed E-state index contributed by atoms with van der Waals surface area (Å²) in [7, 11) is 0. The number of carbonyl (C=O) groups excluding carboxylic acids is 1.